The summed E-state index contributed by atoms with van der Waals surface area (Å²) in [6, 6.07) is 13.5. The van der Waals surface area contributed by atoms with Gasteiger partial charge in [0.2, 0.25) is 0 Å². The second-order valence-electron chi connectivity index (χ2n) is 8.45. The van der Waals surface area contributed by atoms with E-state index in [1.165, 1.54) is 17.5 Å². The molecule has 2 N–H and O–H groups in total. The number of hydrogen-bond donors (Lipinski definition) is 1. The fourth-order valence-electron chi connectivity index (χ4n) is 3.88. The first-order valence-corrected chi connectivity index (χ1v) is 13.0. The lowest BCUT2D eigenvalue weighted by Crippen LogP contribution is -2.10. The highest BCUT2D eigenvalue weighted by Gasteiger charge is 2.17. The molecule has 0 spiro atoms. The van der Waals surface area contributed by atoms with Crippen molar-refractivity contribution in [1.29, 1.82) is 0 Å². The maximum atomic E-state index is 11.8. The van der Waals surface area contributed by atoms with Crippen LogP contribution in [0.25, 0.3) is 21.3 Å². The number of aromatic nitrogens is 4. The highest BCUT2D eigenvalue weighted by molar-refractivity contribution is 7.17. The molecule has 5 rings (SSSR count). The van der Waals surface area contributed by atoms with Gasteiger partial charge in [0, 0.05) is 21.5 Å². The van der Waals surface area contributed by atoms with Crippen LogP contribution in [0.5, 0.6) is 11.5 Å². The van der Waals surface area contributed by atoms with Crippen LogP contribution in [-0.4, -0.2) is 32.7 Å². The van der Waals surface area contributed by atoms with E-state index < -0.39 is 6.16 Å². The Bertz CT molecular complexity index is 1600. The molecule has 3 heterocycles. The van der Waals surface area contributed by atoms with Gasteiger partial charge >= 0.3 is 6.16 Å². The molecule has 0 aliphatic heterocycles. The standard InChI is InChI=1S/C27H24ClN5O4S/c1-3-35-27(34)37-23-11-30-26(29)24-19(15-38-25(23)24)14-36-22-10-18(7-4-16(22)2)21-13-33(32-31-21)12-17-5-8-20(28)9-6-17/h4-11,13,15H,3,12,14H2,1-2H3,(H2,29,30). The summed E-state index contributed by atoms with van der Waals surface area (Å²) in [6.07, 6.45) is 2.53. The van der Waals surface area contributed by atoms with Gasteiger partial charge in [-0.15, -0.1) is 16.4 Å². The normalized spacial score (nSPS) is 11.0. The zero-order valence-electron chi connectivity index (χ0n) is 20.7. The van der Waals surface area contributed by atoms with E-state index in [0.717, 1.165) is 27.9 Å². The Morgan fingerprint density at radius 2 is 1.97 bits per heavy atom. The fraction of sp³-hybridized carbons (Fsp3) is 0.185. The van der Waals surface area contributed by atoms with Crippen molar-refractivity contribution < 1.29 is 19.0 Å². The van der Waals surface area contributed by atoms with Crippen molar-refractivity contribution in [3.8, 4) is 22.8 Å². The summed E-state index contributed by atoms with van der Waals surface area (Å²) < 4.78 is 18.9. The Labute approximate surface area is 227 Å². The van der Waals surface area contributed by atoms with Gasteiger partial charge < -0.3 is 19.9 Å². The number of carbonyl (C=O) groups excluding carboxylic acids is 1. The van der Waals surface area contributed by atoms with E-state index in [1.807, 2.05) is 61.0 Å². The summed E-state index contributed by atoms with van der Waals surface area (Å²) in [5.41, 5.74) is 10.7. The van der Waals surface area contributed by atoms with Gasteiger partial charge in [-0.25, -0.2) is 14.5 Å². The average molecular weight is 550 g/mol. The number of nitrogens with two attached hydrogens (primary N) is 1. The molecular weight excluding hydrogens is 526 g/mol. The van der Waals surface area contributed by atoms with Crippen molar-refractivity contribution in [3.63, 3.8) is 0 Å². The van der Waals surface area contributed by atoms with E-state index in [1.54, 1.807) is 11.6 Å². The number of anilines is 1. The van der Waals surface area contributed by atoms with Gasteiger partial charge in [0.25, 0.3) is 0 Å². The molecule has 194 valence electrons. The number of rotatable bonds is 8. The number of nitrogens with zero attached hydrogens (tertiary/aromatic N) is 4. The molecular formula is C27H24ClN5O4S. The summed E-state index contributed by atoms with van der Waals surface area (Å²) in [5, 5.41) is 11.9. The van der Waals surface area contributed by atoms with E-state index in [9.17, 15) is 4.79 Å². The molecule has 11 heteroatoms. The van der Waals surface area contributed by atoms with E-state index in [0.29, 0.717) is 39.0 Å². The van der Waals surface area contributed by atoms with E-state index in [-0.39, 0.29) is 13.2 Å². The van der Waals surface area contributed by atoms with Crippen molar-refractivity contribution in [2.45, 2.75) is 27.0 Å². The lowest BCUT2D eigenvalue weighted by Gasteiger charge is -2.11. The molecule has 0 unspecified atom stereocenters. The molecule has 0 radical (unpaired) electrons. The largest absolute Gasteiger partial charge is 0.513 e. The molecule has 3 aromatic heterocycles. The number of aryl methyl sites for hydroxylation is 1. The number of thiophene rings is 1. The minimum Gasteiger partial charge on any atom is -0.489 e. The van der Waals surface area contributed by atoms with Crippen molar-refractivity contribution in [2.75, 3.05) is 12.3 Å². The minimum absolute atomic E-state index is 0.213. The topological polar surface area (TPSA) is 114 Å². The predicted molar refractivity (Wildman–Crippen MR) is 147 cm³/mol. The van der Waals surface area contributed by atoms with Crippen LogP contribution in [0.2, 0.25) is 5.02 Å². The van der Waals surface area contributed by atoms with Crippen molar-refractivity contribution in [3.05, 3.63) is 82.0 Å². The number of fused-ring (bicyclic) bond motifs is 1. The van der Waals surface area contributed by atoms with Crippen LogP contribution in [0.3, 0.4) is 0 Å². The molecule has 5 aromatic rings. The van der Waals surface area contributed by atoms with Gasteiger partial charge in [-0.05, 0) is 48.6 Å². The van der Waals surface area contributed by atoms with Gasteiger partial charge in [-0.1, -0.05) is 41.1 Å². The van der Waals surface area contributed by atoms with Crippen LogP contribution in [0.15, 0.2) is 60.2 Å². The average Bonchev–Trinajstić information content (AvgIpc) is 3.55. The summed E-state index contributed by atoms with van der Waals surface area (Å²) in [5.74, 6) is 1.34. The zero-order chi connectivity index (χ0) is 26.6. The Morgan fingerprint density at radius 3 is 2.76 bits per heavy atom. The number of ether oxygens (including phenoxy) is 3. The fourth-order valence-corrected chi connectivity index (χ4v) is 5.01. The molecule has 0 fully saturated rings. The number of benzene rings is 2. The highest BCUT2D eigenvalue weighted by atomic mass is 35.5. The van der Waals surface area contributed by atoms with Gasteiger partial charge in [0.1, 0.15) is 23.9 Å². The Morgan fingerprint density at radius 1 is 1.16 bits per heavy atom. The lowest BCUT2D eigenvalue weighted by atomic mass is 10.1. The molecule has 0 bridgehead atoms. The molecule has 0 atom stereocenters. The smallest absolute Gasteiger partial charge is 0.489 e. The summed E-state index contributed by atoms with van der Waals surface area (Å²) in [6.45, 7) is 4.73. The number of nitrogen functional groups attached to an aromatic ring is 1. The molecule has 0 amide bonds. The minimum atomic E-state index is -0.788. The zero-order valence-corrected chi connectivity index (χ0v) is 22.3. The molecule has 2 aromatic carbocycles. The maximum absolute atomic E-state index is 11.8. The molecule has 9 nitrogen and oxygen atoms in total. The number of halogens is 1. The second-order valence-corrected chi connectivity index (χ2v) is 9.77. The van der Waals surface area contributed by atoms with Crippen molar-refractivity contribution >= 4 is 45.0 Å². The number of pyridine rings is 1. The van der Waals surface area contributed by atoms with E-state index >= 15 is 0 Å². The number of hydrogen-bond acceptors (Lipinski definition) is 9. The first kappa shape index (κ1) is 25.5. The summed E-state index contributed by atoms with van der Waals surface area (Å²) in [4.78, 5) is 16.0. The van der Waals surface area contributed by atoms with Crippen LogP contribution in [-0.2, 0) is 17.9 Å². The number of carbonyl (C=O) groups is 1. The monoisotopic (exact) mass is 549 g/mol. The van der Waals surface area contributed by atoms with Crippen LogP contribution < -0.4 is 15.2 Å². The SMILES string of the molecule is CCOC(=O)Oc1cnc(N)c2c(COc3cc(-c4cn(Cc5ccc(Cl)cc5)nn4)ccc3C)csc12. The van der Waals surface area contributed by atoms with Gasteiger partial charge in [0.05, 0.1) is 30.2 Å². The van der Waals surface area contributed by atoms with Crippen LogP contribution in [0, 0.1) is 6.92 Å². The van der Waals surface area contributed by atoms with Crippen molar-refractivity contribution in [1.82, 2.24) is 20.0 Å². The highest BCUT2D eigenvalue weighted by Crippen LogP contribution is 2.37. The molecule has 0 aliphatic rings. The molecule has 38 heavy (non-hydrogen) atoms. The third kappa shape index (κ3) is 5.56. The third-order valence-electron chi connectivity index (χ3n) is 5.79. The Balaban J connectivity index is 1.33. The maximum Gasteiger partial charge on any atom is 0.513 e. The first-order valence-electron chi connectivity index (χ1n) is 11.8. The van der Waals surface area contributed by atoms with Gasteiger partial charge in [0.15, 0.2) is 5.75 Å². The third-order valence-corrected chi connectivity index (χ3v) is 7.08. The summed E-state index contributed by atoms with van der Waals surface area (Å²) >= 11 is 7.38. The lowest BCUT2D eigenvalue weighted by molar-refractivity contribution is 0.105. The first-order chi connectivity index (χ1) is 18.4. The predicted octanol–water partition coefficient (Wildman–Crippen LogP) is 6.26. The van der Waals surface area contributed by atoms with Gasteiger partial charge in [-0.2, -0.15) is 0 Å². The van der Waals surface area contributed by atoms with E-state index in [4.69, 9.17) is 31.5 Å². The quantitative estimate of drug-likeness (QED) is 0.225. The Hall–Kier alpha value is -4.15. The van der Waals surface area contributed by atoms with Crippen molar-refractivity contribution in [2.24, 2.45) is 0 Å². The summed E-state index contributed by atoms with van der Waals surface area (Å²) in [7, 11) is 0. The van der Waals surface area contributed by atoms with Crippen LogP contribution >= 0.6 is 22.9 Å². The molecule has 0 saturated heterocycles. The van der Waals surface area contributed by atoms with Crippen LogP contribution in [0.1, 0.15) is 23.6 Å². The van der Waals surface area contributed by atoms with Gasteiger partial charge in [-0.3, -0.25) is 0 Å². The Kier molecular flexibility index (Phi) is 7.43. The van der Waals surface area contributed by atoms with Crippen LogP contribution in [0.4, 0.5) is 10.6 Å². The molecule has 0 aliphatic carbocycles. The second kappa shape index (κ2) is 11.1. The molecule has 0 saturated carbocycles. The van der Waals surface area contributed by atoms with E-state index in [2.05, 4.69) is 15.3 Å².